The third kappa shape index (κ3) is 1.63. The molecule has 0 aromatic carbocycles. The van der Waals surface area contributed by atoms with Gasteiger partial charge in [-0.15, -0.1) is 8.42 Å². The lowest BCUT2D eigenvalue weighted by Gasteiger charge is -2.16. The van der Waals surface area contributed by atoms with E-state index in [1.807, 2.05) is 6.92 Å². The van der Waals surface area contributed by atoms with Crippen LogP contribution >= 0.6 is 0 Å². The van der Waals surface area contributed by atoms with E-state index in [9.17, 15) is 8.42 Å². The molecule has 1 rings (SSSR count). The SMILES string of the molecule is CCCC=C1OS(=O)(=O)O1. The Morgan fingerprint density at radius 1 is 1.50 bits per heavy atom. The molecular formula is C5H8O4S. The molecule has 1 aliphatic rings. The van der Waals surface area contributed by atoms with Crippen molar-refractivity contribution in [3.63, 3.8) is 0 Å². The first-order chi connectivity index (χ1) is 4.64. The first-order valence-electron chi connectivity index (χ1n) is 2.98. The van der Waals surface area contributed by atoms with Gasteiger partial charge in [0.15, 0.2) is 0 Å². The number of rotatable bonds is 2. The molecule has 1 aliphatic heterocycles. The average molecular weight is 164 g/mol. The average Bonchev–Trinajstić information content (AvgIpc) is 1.78. The molecule has 4 nitrogen and oxygen atoms in total. The molecular weight excluding hydrogens is 156 g/mol. The zero-order chi connectivity index (χ0) is 7.61. The first-order valence-corrected chi connectivity index (χ1v) is 4.31. The van der Waals surface area contributed by atoms with E-state index in [2.05, 4.69) is 8.37 Å². The van der Waals surface area contributed by atoms with Crippen LogP contribution in [0.5, 0.6) is 0 Å². The van der Waals surface area contributed by atoms with Gasteiger partial charge in [0, 0.05) is 0 Å². The fourth-order valence-electron chi connectivity index (χ4n) is 0.538. The Morgan fingerprint density at radius 3 is 2.50 bits per heavy atom. The highest BCUT2D eigenvalue weighted by Gasteiger charge is 2.31. The summed E-state index contributed by atoms with van der Waals surface area (Å²) in [4.78, 5) is 0. The van der Waals surface area contributed by atoms with Crippen molar-refractivity contribution in [3.05, 3.63) is 12.0 Å². The van der Waals surface area contributed by atoms with Crippen molar-refractivity contribution in [3.8, 4) is 0 Å². The molecule has 1 saturated heterocycles. The van der Waals surface area contributed by atoms with Gasteiger partial charge >= 0.3 is 16.3 Å². The van der Waals surface area contributed by atoms with Crippen LogP contribution < -0.4 is 0 Å². The summed E-state index contributed by atoms with van der Waals surface area (Å²) in [6.45, 7) is 1.98. The molecule has 10 heavy (non-hydrogen) atoms. The van der Waals surface area contributed by atoms with Gasteiger partial charge in [-0.05, 0) is 12.5 Å². The summed E-state index contributed by atoms with van der Waals surface area (Å²) < 4.78 is 28.8. The van der Waals surface area contributed by atoms with Crippen LogP contribution in [0.15, 0.2) is 12.0 Å². The van der Waals surface area contributed by atoms with Crippen molar-refractivity contribution in [1.29, 1.82) is 0 Å². The largest absolute Gasteiger partial charge is 0.506 e. The van der Waals surface area contributed by atoms with Crippen molar-refractivity contribution >= 4 is 10.4 Å². The topological polar surface area (TPSA) is 52.6 Å². The normalized spacial score (nSPS) is 20.3. The van der Waals surface area contributed by atoms with Gasteiger partial charge in [-0.1, -0.05) is 13.3 Å². The quantitative estimate of drug-likeness (QED) is 0.609. The Bertz CT molecular complexity index is 224. The second-order valence-corrected chi connectivity index (χ2v) is 3.04. The molecule has 58 valence electrons. The Kier molecular flexibility index (Phi) is 1.85. The minimum absolute atomic E-state index is 0.0989. The van der Waals surface area contributed by atoms with Gasteiger partial charge in [0.05, 0.1) is 0 Å². The molecule has 5 heteroatoms. The molecule has 0 atom stereocenters. The number of unbranched alkanes of at least 4 members (excludes halogenated alkanes) is 1. The third-order valence-corrected chi connectivity index (χ3v) is 1.70. The van der Waals surface area contributed by atoms with Crippen LogP contribution in [0, 0.1) is 0 Å². The van der Waals surface area contributed by atoms with Crippen molar-refractivity contribution in [2.75, 3.05) is 0 Å². The maximum atomic E-state index is 10.2. The molecule has 0 aromatic heterocycles. The van der Waals surface area contributed by atoms with E-state index < -0.39 is 10.4 Å². The molecule has 0 unspecified atom stereocenters. The minimum Gasteiger partial charge on any atom is -0.315 e. The zero-order valence-electron chi connectivity index (χ0n) is 5.53. The molecule has 0 radical (unpaired) electrons. The van der Waals surface area contributed by atoms with Crippen molar-refractivity contribution in [1.82, 2.24) is 0 Å². The van der Waals surface area contributed by atoms with E-state index in [0.29, 0.717) is 0 Å². The summed E-state index contributed by atoms with van der Waals surface area (Å²) >= 11 is 0. The summed E-state index contributed by atoms with van der Waals surface area (Å²) in [6, 6.07) is 0. The molecule has 0 N–H and O–H groups in total. The molecule has 0 bridgehead atoms. The molecule has 1 heterocycles. The number of allylic oxidation sites excluding steroid dienone is 1. The Labute approximate surface area is 59.8 Å². The van der Waals surface area contributed by atoms with E-state index in [-0.39, 0.29) is 5.95 Å². The third-order valence-electron chi connectivity index (χ3n) is 0.968. The first kappa shape index (κ1) is 7.40. The zero-order valence-corrected chi connectivity index (χ0v) is 6.35. The molecule has 0 aliphatic carbocycles. The van der Waals surface area contributed by atoms with Crippen molar-refractivity contribution < 1.29 is 16.8 Å². The van der Waals surface area contributed by atoms with Gasteiger partial charge in [-0.25, -0.2) is 0 Å². The maximum Gasteiger partial charge on any atom is 0.506 e. The summed E-state index contributed by atoms with van der Waals surface area (Å²) in [5, 5.41) is 0. The van der Waals surface area contributed by atoms with Gasteiger partial charge in [-0.2, -0.15) is 0 Å². The molecule has 1 fully saturated rings. The predicted molar refractivity (Wildman–Crippen MR) is 34.1 cm³/mol. The highest BCUT2D eigenvalue weighted by molar-refractivity contribution is 7.83. The van der Waals surface area contributed by atoms with Crippen molar-refractivity contribution in [2.45, 2.75) is 19.8 Å². The maximum absolute atomic E-state index is 10.2. The standard InChI is InChI=1S/C5H8O4S/c1-2-3-4-5-8-10(6,7)9-5/h4H,2-3H2,1H3. The highest BCUT2D eigenvalue weighted by atomic mass is 32.3. The molecule has 0 saturated carbocycles. The van der Waals surface area contributed by atoms with Gasteiger partial charge in [0.1, 0.15) is 0 Å². The van der Waals surface area contributed by atoms with Gasteiger partial charge in [0.25, 0.3) is 0 Å². The second kappa shape index (κ2) is 2.49. The molecule has 0 aromatic rings. The van der Waals surface area contributed by atoms with Crippen LogP contribution in [0.2, 0.25) is 0 Å². The monoisotopic (exact) mass is 164 g/mol. The molecule has 0 spiro atoms. The van der Waals surface area contributed by atoms with Gasteiger partial charge in [0.2, 0.25) is 0 Å². The second-order valence-electron chi connectivity index (χ2n) is 1.89. The lowest BCUT2D eigenvalue weighted by molar-refractivity contribution is 0.118. The van der Waals surface area contributed by atoms with E-state index >= 15 is 0 Å². The lowest BCUT2D eigenvalue weighted by atomic mass is 10.3. The number of hydrogen-bond donors (Lipinski definition) is 0. The Morgan fingerprint density at radius 2 is 2.10 bits per heavy atom. The summed E-state index contributed by atoms with van der Waals surface area (Å²) in [7, 11) is -3.63. The van der Waals surface area contributed by atoms with Crippen molar-refractivity contribution in [2.24, 2.45) is 0 Å². The predicted octanol–water partition coefficient (Wildman–Crippen LogP) is 0.920. The minimum atomic E-state index is -3.63. The fraction of sp³-hybridized carbons (Fsp3) is 0.600. The smallest absolute Gasteiger partial charge is 0.315 e. The van der Waals surface area contributed by atoms with E-state index in [1.54, 1.807) is 6.08 Å². The fourth-order valence-corrected chi connectivity index (χ4v) is 1.09. The van der Waals surface area contributed by atoms with Crippen LogP contribution in [-0.4, -0.2) is 8.42 Å². The van der Waals surface area contributed by atoms with E-state index in [1.165, 1.54) is 0 Å². The van der Waals surface area contributed by atoms with Crippen LogP contribution in [-0.2, 0) is 18.8 Å². The highest BCUT2D eigenvalue weighted by Crippen LogP contribution is 2.22. The summed E-state index contributed by atoms with van der Waals surface area (Å²) in [5.74, 6) is 0.0989. The van der Waals surface area contributed by atoms with Gasteiger partial charge in [-0.3, -0.25) is 0 Å². The van der Waals surface area contributed by atoms with E-state index in [0.717, 1.165) is 12.8 Å². The molecule has 0 amide bonds. The Balaban J connectivity index is 2.39. The number of hydrogen-bond acceptors (Lipinski definition) is 4. The Hall–Kier alpha value is -0.710. The van der Waals surface area contributed by atoms with Gasteiger partial charge < -0.3 is 8.37 Å². The van der Waals surface area contributed by atoms with Crippen LogP contribution in [0.3, 0.4) is 0 Å². The summed E-state index contributed by atoms with van der Waals surface area (Å²) in [5.41, 5.74) is 0. The van der Waals surface area contributed by atoms with Crippen LogP contribution in [0.25, 0.3) is 0 Å². The van der Waals surface area contributed by atoms with E-state index in [4.69, 9.17) is 0 Å². The van der Waals surface area contributed by atoms with Crippen LogP contribution in [0.1, 0.15) is 19.8 Å². The summed E-state index contributed by atoms with van der Waals surface area (Å²) in [6.07, 6.45) is 3.31. The lowest BCUT2D eigenvalue weighted by Crippen LogP contribution is -2.21. The van der Waals surface area contributed by atoms with Crippen LogP contribution in [0.4, 0.5) is 0 Å².